The van der Waals surface area contributed by atoms with Gasteiger partial charge in [0.15, 0.2) is 6.04 Å². The van der Waals surface area contributed by atoms with E-state index in [9.17, 15) is 30.7 Å². The minimum absolute atomic E-state index is 0. The van der Waals surface area contributed by atoms with Gasteiger partial charge >= 0.3 is 59.1 Å². The topological polar surface area (TPSA) is 172 Å². The molecule has 1 amide bonds. The zero-order valence-electron chi connectivity index (χ0n) is 20.0. The fourth-order valence-electron chi connectivity index (χ4n) is 3.66. The second kappa shape index (κ2) is 11.9. The van der Waals surface area contributed by atoms with E-state index in [1.807, 2.05) is 0 Å². The molecule has 0 fully saturated rings. The number of aryl methyl sites for hydroxylation is 1. The van der Waals surface area contributed by atoms with E-state index >= 15 is 0 Å². The van der Waals surface area contributed by atoms with Crippen molar-refractivity contribution in [1.29, 1.82) is 0 Å². The third-order valence-electron chi connectivity index (χ3n) is 5.21. The van der Waals surface area contributed by atoms with Gasteiger partial charge in [-0.3, -0.25) is 4.79 Å². The number of nitrogens with zero attached hydrogens (tertiary/aromatic N) is 4. The van der Waals surface area contributed by atoms with Crippen LogP contribution in [0.4, 0.5) is 11.4 Å². The molecule has 0 radical (unpaired) electrons. The van der Waals surface area contributed by atoms with Crippen LogP contribution in [0.2, 0.25) is 5.02 Å². The molecular formula is C21H15ClN4Na2O7S2. The summed E-state index contributed by atoms with van der Waals surface area (Å²) in [6, 6.07) is 9.95. The van der Waals surface area contributed by atoms with Crippen LogP contribution in [-0.4, -0.2) is 43.6 Å². The first-order valence-electron chi connectivity index (χ1n) is 9.82. The number of hydrogen-bond acceptors (Lipinski definition) is 10. The summed E-state index contributed by atoms with van der Waals surface area (Å²) in [5.41, 5.74) is 0.192. The van der Waals surface area contributed by atoms with E-state index in [0.717, 1.165) is 17.1 Å². The third kappa shape index (κ3) is 6.50. The van der Waals surface area contributed by atoms with Crippen molar-refractivity contribution in [2.75, 3.05) is 5.01 Å². The monoisotopic (exact) mass is 580 g/mol. The molecule has 1 aliphatic rings. The van der Waals surface area contributed by atoms with Crippen LogP contribution >= 0.6 is 11.6 Å². The van der Waals surface area contributed by atoms with Crippen molar-refractivity contribution in [3.8, 4) is 0 Å². The number of azo groups is 1. The Balaban J connectivity index is 0.00000241. The Morgan fingerprint density at radius 3 is 2.22 bits per heavy atom. The van der Waals surface area contributed by atoms with Crippen LogP contribution in [0.15, 0.2) is 73.7 Å². The summed E-state index contributed by atoms with van der Waals surface area (Å²) in [6.07, 6.45) is 0. The van der Waals surface area contributed by atoms with Gasteiger partial charge < -0.3 is 9.11 Å². The minimum Gasteiger partial charge on any atom is -0.744 e. The van der Waals surface area contributed by atoms with Gasteiger partial charge in [-0.05, 0) is 43.0 Å². The van der Waals surface area contributed by atoms with Crippen molar-refractivity contribution in [2.24, 2.45) is 15.3 Å². The molecule has 4 rings (SSSR count). The van der Waals surface area contributed by atoms with Crippen LogP contribution in [0.25, 0.3) is 10.8 Å². The van der Waals surface area contributed by atoms with Gasteiger partial charge in [-0.2, -0.15) is 20.3 Å². The number of amides is 1. The van der Waals surface area contributed by atoms with Crippen molar-refractivity contribution in [3.05, 3.63) is 59.1 Å². The minimum atomic E-state index is -4.94. The zero-order chi connectivity index (χ0) is 25.7. The summed E-state index contributed by atoms with van der Waals surface area (Å²) in [5.74, 6) is -0.707. The molecule has 11 nitrogen and oxygen atoms in total. The zero-order valence-corrected chi connectivity index (χ0v) is 26.4. The van der Waals surface area contributed by atoms with Gasteiger partial charge in [-0.1, -0.05) is 41.9 Å². The molecule has 0 aromatic heterocycles. The average molecular weight is 581 g/mol. The first kappa shape index (κ1) is 32.0. The van der Waals surface area contributed by atoms with E-state index in [4.69, 9.17) is 11.6 Å². The molecule has 0 bridgehead atoms. The van der Waals surface area contributed by atoms with Gasteiger partial charge in [-0.25, -0.2) is 16.8 Å². The number of hydrazone groups is 1. The fourth-order valence-corrected chi connectivity index (χ4v) is 5.47. The van der Waals surface area contributed by atoms with Gasteiger partial charge in [0.2, 0.25) is 0 Å². The summed E-state index contributed by atoms with van der Waals surface area (Å²) in [6.45, 7) is 2.93. The summed E-state index contributed by atoms with van der Waals surface area (Å²) in [5, 5.41) is 13.3. The molecule has 0 N–H and O–H groups in total. The van der Waals surface area contributed by atoms with Crippen molar-refractivity contribution in [1.82, 2.24) is 0 Å². The quantitative estimate of drug-likeness (QED) is 0.182. The summed E-state index contributed by atoms with van der Waals surface area (Å²) in [4.78, 5) is 11.9. The molecule has 3 aromatic carbocycles. The molecule has 1 atom stereocenters. The molecule has 16 heteroatoms. The summed E-state index contributed by atoms with van der Waals surface area (Å²) < 4.78 is 69.9. The molecule has 1 aliphatic heterocycles. The van der Waals surface area contributed by atoms with Crippen LogP contribution in [0.1, 0.15) is 12.5 Å². The Labute approximate surface area is 262 Å². The largest absolute Gasteiger partial charge is 1.00 e. The number of hydrogen-bond donors (Lipinski definition) is 0. The molecule has 0 saturated carbocycles. The molecule has 37 heavy (non-hydrogen) atoms. The van der Waals surface area contributed by atoms with Gasteiger partial charge in [0.1, 0.15) is 25.9 Å². The molecule has 0 aliphatic carbocycles. The molecule has 0 spiro atoms. The van der Waals surface area contributed by atoms with E-state index in [-0.39, 0.29) is 92.2 Å². The number of benzene rings is 3. The van der Waals surface area contributed by atoms with Crippen LogP contribution < -0.4 is 64.1 Å². The molecule has 1 heterocycles. The van der Waals surface area contributed by atoms with Crippen molar-refractivity contribution in [3.63, 3.8) is 0 Å². The van der Waals surface area contributed by atoms with Crippen LogP contribution in [0.3, 0.4) is 0 Å². The smallest absolute Gasteiger partial charge is 0.744 e. The summed E-state index contributed by atoms with van der Waals surface area (Å²) >= 11 is 6.16. The average Bonchev–Trinajstić information content (AvgIpc) is 3.03. The van der Waals surface area contributed by atoms with E-state index in [0.29, 0.717) is 5.39 Å². The molecule has 3 aromatic rings. The van der Waals surface area contributed by atoms with Crippen molar-refractivity contribution >= 4 is 65.6 Å². The Kier molecular flexibility index (Phi) is 10.3. The number of carbonyl (C=O) groups excluding carboxylic acids is 1. The fraction of sp³-hybridized carbons (Fsp3) is 0.143. The van der Waals surface area contributed by atoms with E-state index < -0.39 is 42.0 Å². The number of fused-ring (bicyclic) bond motifs is 1. The van der Waals surface area contributed by atoms with Crippen molar-refractivity contribution < 1.29 is 89.9 Å². The van der Waals surface area contributed by atoms with Gasteiger partial charge in [-0.15, -0.1) is 0 Å². The Hall–Kier alpha value is -1.23. The molecule has 182 valence electrons. The first-order valence-corrected chi connectivity index (χ1v) is 13.0. The number of rotatable bonds is 5. The maximum Gasteiger partial charge on any atom is 1.00 e. The number of anilines is 1. The van der Waals surface area contributed by atoms with E-state index in [1.54, 1.807) is 24.3 Å². The van der Waals surface area contributed by atoms with Crippen LogP contribution in [0.5, 0.6) is 0 Å². The molecule has 1 unspecified atom stereocenters. The summed E-state index contributed by atoms with van der Waals surface area (Å²) in [7, 11) is -9.71. The predicted octanol–water partition coefficient (Wildman–Crippen LogP) is -2.51. The normalized spacial score (nSPS) is 16.0. The van der Waals surface area contributed by atoms with Gasteiger partial charge in [0.25, 0.3) is 5.91 Å². The maximum atomic E-state index is 13.1. The van der Waals surface area contributed by atoms with Gasteiger partial charge in [0, 0.05) is 5.39 Å². The predicted molar refractivity (Wildman–Crippen MR) is 125 cm³/mol. The number of carbonyl (C=O) groups is 1. The maximum absolute atomic E-state index is 13.1. The standard InChI is InChI=1S/C21H17ClN4O7S2.2Na/c1-11-9-14(34(28,29)30)10-16(22)19(11)26-21(27)18(12(2)25-26)24-23-17-8-7-13-5-3-4-6-15(13)20(17)35(31,32)33;;/h3-10,18H,1-2H3,(H,28,29,30)(H,31,32,33);;/q;2*+1/p-2. The van der Waals surface area contributed by atoms with Crippen LogP contribution in [-0.2, 0) is 25.0 Å². The van der Waals surface area contributed by atoms with Gasteiger partial charge in [0.05, 0.1) is 26.2 Å². The van der Waals surface area contributed by atoms with Crippen LogP contribution in [0, 0.1) is 6.92 Å². The first-order chi connectivity index (χ1) is 16.3. The Morgan fingerprint density at radius 1 is 0.973 bits per heavy atom. The second-order valence-corrected chi connectivity index (χ2v) is 10.7. The Bertz CT molecular complexity index is 1660. The second-order valence-electron chi connectivity index (χ2n) is 7.62. The Morgan fingerprint density at radius 2 is 1.62 bits per heavy atom. The van der Waals surface area contributed by atoms with E-state index in [2.05, 4.69) is 15.3 Å². The van der Waals surface area contributed by atoms with Crippen molar-refractivity contribution in [2.45, 2.75) is 29.7 Å². The third-order valence-corrected chi connectivity index (χ3v) is 7.24. The molecular weight excluding hydrogens is 566 g/mol. The van der Waals surface area contributed by atoms with E-state index in [1.165, 1.54) is 26.0 Å². The number of halogens is 1. The SMILES string of the molecule is CC1=NN(c2c(C)cc(S(=O)(=O)[O-])cc2Cl)C(=O)C1N=Nc1ccc2ccccc2c1S(=O)(=O)[O-].[Na+].[Na+]. The molecule has 0 saturated heterocycles.